The number of carbonyl (C=O) groups excluding carboxylic acids is 1. The van der Waals surface area contributed by atoms with Gasteiger partial charge in [0.15, 0.2) is 12.4 Å². The molecule has 4 aromatic rings. The summed E-state index contributed by atoms with van der Waals surface area (Å²) in [5, 5.41) is 5.96. The van der Waals surface area contributed by atoms with E-state index in [1.54, 1.807) is 19.1 Å². The second-order valence-electron chi connectivity index (χ2n) is 6.35. The van der Waals surface area contributed by atoms with Crippen LogP contribution in [0.2, 0.25) is 0 Å². The van der Waals surface area contributed by atoms with Crippen LogP contribution in [-0.2, 0) is 6.61 Å². The summed E-state index contributed by atoms with van der Waals surface area (Å²) >= 11 is 0. The van der Waals surface area contributed by atoms with Crippen LogP contribution in [0.5, 0.6) is 5.75 Å². The standard InChI is InChI=1S/C23H18N2O3/c1-16-24-23(25-28-16)15-27-21-11-6-17(7-12-21)8-13-22(26)20-10-9-18-4-2-3-5-19(18)14-20/h2-14H,15H2,1H3/b13-8+. The topological polar surface area (TPSA) is 65.2 Å². The fourth-order valence-corrected chi connectivity index (χ4v) is 2.83. The average Bonchev–Trinajstić information content (AvgIpc) is 3.16. The first kappa shape index (κ1) is 17.7. The molecule has 0 aliphatic heterocycles. The number of benzene rings is 3. The molecule has 138 valence electrons. The highest BCUT2D eigenvalue weighted by molar-refractivity contribution is 6.08. The third-order valence-corrected chi connectivity index (χ3v) is 4.28. The van der Waals surface area contributed by atoms with Crippen LogP contribution in [-0.4, -0.2) is 15.9 Å². The van der Waals surface area contributed by atoms with Crippen LogP contribution in [0.1, 0.15) is 27.6 Å². The van der Waals surface area contributed by atoms with E-state index in [2.05, 4.69) is 10.1 Å². The van der Waals surface area contributed by atoms with Crippen LogP contribution in [0.4, 0.5) is 0 Å². The monoisotopic (exact) mass is 370 g/mol. The van der Waals surface area contributed by atoms with E-state index in [9.17, 15) is 4.79 Å². The summed E-state index contributed by atoms with van der Waals surface area (Å²) in [4.78, 5) is 16.5. The molecule has 0 spiro atoms. The van der Waals surface area contributed by atoms with E-state index in [4.69, 9.17) is 9.26 Å². The van der Waals surface area contributed by atoms with E-state index in [1.165, 1.54) is 0 Å². The Morgan fingerprint density at radius 3 is 2.57 bits per heavy atom. The summed E-state index contributed by atoms with van der Waals surface area (Å²) in [6.45, 7) is 1.98. The van der Waals surface area contributed by atoms with Crippen molar-refractivity contribution in [2.75, 3.05) is 0 Å². The molecule has 0 radical (unpaired) electrons. The number of allylic oxidation sites excluding steroid dienone is 1. The number of rotatable bonds is 6. The SMILES string of the molecule is Cc1nc(COc2ccc(/C=C/C(=O)c3ccc4ccccc4c3)cc2)no1. The molecule has 1 aromatic heterocycles. The normalized spacial score (nSPS) is 11.2. The number of fused-ring (bicyclic) bond motifs is 1. The van der Waals surface area contributed by atoms with Gasteiger partial charge in [-0.3, -0.25) is 4.79 Å². The van der Waals surface area contributed by atoms with E-state index in [-0.39, 0.29) is 12.4 Å². The van der Waals surface area contributed by atoms with E-state index in [0.717, 1.165) is 16.3 Å². The summed E-state index contributed by atoms with van der Waals surface area (Å²) in [5.74, 6) is 1.68. The Hall–Kier alpha value is -3.73. The van der Waals surface area contributed by atoms with Gasteiger partial charge in [0.25, 0.3) is 0 Å². The number of aromatic nitrogens is 2. The second-order valence-corrected chi connectivity index (χ2v) is 6.35. The largest absolute Gasteiger partial charge is 0.485 e. The van der Waals surface area contributed by atoms with Gasteiger partial charge in [0.05, 0.1) is 0 Å². The van der Waals surface area contributed by atoms with Crippen LogP contribution in [0.25, 0.3) is 16.8 Å². The zero-order chi connectivity index (χ0) is 19.3. The number of aryl methyl sites for hydroxylation is 1. The van der Waals surface area contributed by atoms with E-state index >= 15 is 0 Å². The number of hydrogen-bond donors (Lipinski definition) is 0. The highest BCUT2D eigenvalue weighted by Crippen LogP contribution is 2.18. The fraction of sp³-hybridized carbons (Fsp3) is 0.0870. The Morgan fingerprint density at radius 1 is 1.04 bits per heavy atom. The summed E-state index contributed by atoms with van der Waals surface area (Å²) in [7, 11) is 0. The summed E-state index contributed by atoms with van der Waals surface area (Å²) < 4.78 is 10.5. The van der Waals surface area contributed by atoms with Crippen molar-refractivity contribution < 1.29 is 14.1 Å². The molecule has 0 aliphatic carbocycles. The molecule has 28 heavy (non-hydrogen) atoms. The van der Waals surface area contributed by atoms with Crippen molar-refractivity contribution in [3.8, 4) is 5.75 Å². The number of carbonyl (C=O) groups is 1. The predicted molar refractivity (Wildman–Crippen MR) is 107 cm³/mol. The molecule has 0 N–H and O–H groups in total. The van der Waals surface area contributed by atoms with E-state index in [1.807, 2.05) is 66.7 Å². The molecule has 0 saturated heterocycles. The van der Waals surface area contributed by atoms with E-state index < -0.39 is 0 Å². The minimum Gasteiger partial charge on any atom is -0.485 e. The molecule has 0 atom stereocenters. The third-order valence-electron chi connectivity index (χ3n) is 4.28. The van der Waals surface area contributed by atoms with Gasteiger partial charge < -0.3 is 9.26 Å². The molecule has 5 nitrogen and oxygen atoms in total. The van der Waals surface area contributed by atoms with Crippen molar-refractivity contribution in [3.63, 3.8) is 0 Å². The lowest BCUT2D eigenvalue weighted by Crippen LogP contribution is -1.97. The van der Waals surface area contributed by atoms with Crippen LogP contribution in [0, 0.1) is 6.92 Å². The number of ketones is 1. The van der Waals surface area contributed by atoms with Gasteiger partial charge in [-0.05, 0) is 40.6 Å². The van der Waals surface area contributed by atoms with Crippen molar-refractivity contribution in [3.05, 3.63) is 95.6 Å². The van der Waals surface area contributed by atoms with E-state index in [0.29, 0.717) is 23.0 Å². The molecule has 1 heterocycles. The van der Waals surface area contributed by atoms with Gasteiger partial charge >= 0.3 is 0 Å². The zero-order valence-electron chi connectivity index (χ0n) is 15.3. The minimum atomic E-state index is -0.0291. The van der Waals surface area contributed by atoms with Gasteiger partial charge in [0.1, 0.15) is 5.75 Å². The molecule has 0 bridgehead atoms. The minimum absolute atomic E-state index is 0.0291. The summed E-state index contributed by atoms with van der Waals surface area (Å²) in [5.41, 5.74) is 1.59. The first-order valence-corrected chi connectivity index (χ1v) is 8.91. The maximum Gasteiger partial charge on any atom is 0.223 e. The number of nitrogens with zero attached hydrogens (tertiary/aromatic N) is 2. The quantitative estimate of drug-likeness (QED) is 0.353. The fourth-order valence-electron chi connectivity index (χ4n) is 2.83. The van der Waals surface area contributed by atoms with Gasteiger partial charge in [-0.1, -0.05) is 59.8 Å². The Labute approximate surface area is 162 Å². The Balaban J connectivity index is 1.39. The van der Waals surface area contributed by atoms with Crippen molar-refractivity contribution in [2.45, 2.75) is 13.5 Å². The van der Waals surface area contributed by atoms with Gasteiger partial charge in [0.2, 0.25) is 11.7 Å². The molecule has 0 saturated carbocycles. The van der Waals surface area contributed by atoms with Crippen molar-refractivity contribution >= 4 is 22.6 Å². The predicted octanol–water partition coefficient (Wildman–Crippen LogP) is 5.01. The number of ether oxygens (including phenoxy) is 1. The molecular formula is C23H18N2O3. The van der Waals surface area contributed by atoms with Crippen LogP contribution >= 0.6 is 0 Å². The second kappa shape index (κ2) is 7.88. The van der Waals surface area contributed by atoms with Gasteiger partial charge in [0, 0.05) is 12.5 Å². The van der Waals surface area contributed by atoms with Crippen molar-refractivity contribution in [2.24, 2.45) is 0 Å². The molecule has 0 unspecified atom stereocenters. The molecule has 4 rings (SSSR count). The zero-order valence-corrected chi connectivity index (χ0v) is 15.3. The molecule has 0 amide bonds. The van der Waals surface area contributed by atoms with Crippen LogP contribution in [0.15, 0.2) is 77.3 Å². The van der Waals surface area contributed by atoms with Crippen molar-refractivity contribution in [1.29, 1.82) is 0 Å². The van der Waals surface area contributed by atoms with Crippen LogP contribution < -0.4 is 4.74 Å². The first-order valence-electron chi connectivity index (χ1n) is 8.91. The lowest BCUT2D eigenvalue weighted by atomic mass is 10.0. The van der Waals surface area contributed by atoms with Gasteiger partial charge in [-0.2, -0.15) is 4.98 Å². The Kier molecular flexibility index (Phi) is 4.97. The molecular weight excluding hydrogens is 352 g/mol. The summed E-state index contributed by atoms with van der Waals surface area (Å²) in [6, 6.07) is 21.2. The molecule has 0 aliphatic rings. The Bertz CT molecular complexity index is 1140. The Morgan fingerprint density at radius 2 is 1.82 bits per heavy atom. The maximum atomic E-state index is 12.5. The number of hydrogen-bond acceptors (Lipinski definition) is 5. The molecule has 5 heteroatoms. The third kappa shape index (κ3) is 4.15. The lowest BCUT2D eigenvalue weighted by Gasteiger charge is -2.03. The highest BCUT2D eigenvalue weighted by Gasteiger charge is 2.04. The highest BCUT2D eigenvalue weighted by atomic mass is 16.5. The summed E-state index contributed by atoms with van der Waals surface area (Å²) in [6.07, 6.45) is 3.38. The van der Waals surface area contributed by atoms with Gasteiger partial charge in [-0.25, -0.2) is 0 Å². The molecule has 0 fully saturated rings. The average molecular weight is 370 g/mol. The maximum absolute atomic E-state index is 12.5. The first-order chi connectivity index (χ1) is 13.7. The lowest BCUT2D eigenvalue weighted by molar-refractivity contribution is 0.104. The van der Waals surface area contributed by atoms with Gasteiger partial charge in [-0.15, -0.1) is 0 Å². The van der Waals surface area contributed by atoms with Crippen LogP contribution in [0.3, 0.4) is 0 Å². The van der Waals surface area contributed by atoms with Crippen molar-refractivity contribution in [1.82, 2.24) is 10.1 Å². The smallest absolute Gasteiger partial charge is 0.223 e. The molecule has 3 aromatic carbocycles.